The second-order valence-electron chi connectivity index (χ2n) is 8.96. The van der Waals surface area contributed by atoms with Crippen molar-refractivity contribution >= 4 is 11.9 Å². The van der Waals surface area contributed by atoms with E-state index in [1.165, 1.54) is 13.0 Å². The number of hydrogen-bond donors (Lipinski definition) is 7. The Hall–Kier alpha value is -2.22. The number of carbonyl (C=O) groups is 2. The van der Waals surface area contributed by atoms with Gasteiger partial charge in [0.25, 0.3) is 0 Å². The minimum atomic E-state index is -1.82. The Morgan fingerprint density at radius 3 is 2.03 bits per heavy atom. The molecule has 39 heavy (non-hydrogen) atoms. The highest BCUT2D eigenvalue weighted by atomic mass is 16.8. The molecule has 1 unspecified atom stereocenters. The lowest BCUT2D eigenvalue weighted by atomic mass is 9.89. The third-order valence-electron chi connectivity index (χ3n) is 6.63. The fraction of sp³-hybridized carbons (Fsp3) is 0.739. The van der Waals surface area contributed by atoms with E-state index in [-0.39, 0.29) is 11.1 Å². The number of hydrogen-bond acceptors (Lipinski definition) is 16. The predicted octanol–water partition coefficient (Wildman–Crippen LogP) is -4.22. The maximum Gasteiger partial charge on any atom is 0.338 e. The third kappa shape index (κ3) is 6.41. The number of ether oxygens (including phenoxy) is 7. The van der Waals surface area contributed by atoms with E-state index in [2.05, 4.69) is 4.74 Å². The minimum Gasteiger partial charge on any atom is -0.468 e. The predicted molar refractivity (Wildman–Crippen MR) is 122 cm³/mol. The van der Waals surface area contributed by atoms with Crippen molar-refractivity contribution in [2.75, 3.05) is 27.4 Å². The highest BCUT2D eigenvalue weighted by Gasteiger charge is 2.49. The number of carbonyl (C=O) groups excluding carboxylic acids is 2. The summed E-state index contributed by atoms with van der Waals surface area (Å²) in [6, 6.07) is 0. The standard InChI is InChI=1S/C23H34O16/c1-4-8-12(20(32)34-3)9(19(31)33-2)6-35-21(8)39-23-18(30)16(28)14(26)11(38-23)7-36-22-17(29)15(27)13(25)10(5-24)37-22/h4,6,10-18,21-30H,5,7H2,1-3H3/b8-4+/t10-,11-,12+,13-,14-,15+,16+,17-,18-,21?,22-,23+/m1/s1. The second-order valence-corrected chi connectivity index (χ2v) is 8.96. The van der Waals surface area contributed by atoms with Crippen molar-refractivity contribution in [1.82, 2.24) is 0 Å². The van der Waals surface area contributed by atoms with Gasteiger partial charge in [0.1, 0.15) is 54.7 Å². The molecule has 0 aromatic carbocycles. The molecule has 0 radical (unpaired) electrons. The SMILES string of the molecule is C/C=C1/C(O[C@@H]2O[C@H](CO[C@@H]3O[C@H](CO)[C@@H](O)[C@H](O)[C@H]3O)[C@@H](O)[C@H](O)[C@H]2O)OC=C(C(=O)OC)[C@H]1C(=O)OC. The highest BCUT2D eigenvalue weighted by Crippen LogP contribution is 2.35. The largest absolute Gasteiger partial charge is 0.468 e. The van der Waals surface area contributed by atoms with E-state index in [9.17, 15) is 45.3 Å². The van der Waals surface area contributed by atoms with Gasteiger partial charge in [-0.3, -0.25) is 4.79 Å². The van der Waals surface area contributed by atoms with E-state index in [4.69, 9.17) is 28.4 Å². The molecule has 0 bridgehead atoms. The van der Waals surface area contributed by atoms with Crippen LogP contribution < -0.4 is 0 Å². The molecular weight excluding hydrogens is 532 g/mol. The summed E-state index contributed by atoms with van der Waals surface area (Å²) >= 11 is 0. The van der Waals surface area contributed by atoms with Crippen molar-refractivity contribution in [3.05, 3.63) is 23.5 Å². The van der Waals surface area contributed by atoms with Crippen LogP contribution in [0.25, 0.3) is 0 Å². The summed E-state index contributed by atoms with van der Waals surface area (Å²) in [5.74, 6) is -2.98. The van der Waals surface area contributed by atoms with Gasteiger partial charge >= 0.3 is 11.9 Å². The molecule has 0 spiro atoms. The van der Waals surface area contributed by atoms with E-state index in [0.717, 1.165) is 20.5 Å². The van der Waals surface area contributed by atoms with E-state index in [1.807, 2.05) is 0 Å². The van der Waals surface area contributed by atoms with Crippen molar-refractivity contribution in [2.24, 2.45) is 5.92 Å². The Balaban J connectivity index is 1.75. The quantitative estimate of drug-likeness (QED) is 0.109. The molecule has 3 aliphatic rings. The van der Waals surface area contributed by atoms with Gasteiger partial charge in [-0.1, -0.05) is 6.08 Å². The molecule has 0 aromatic rings. The fourth-order valence-electron chi connectivity index (χ4n) is 4.36. The smallest absolute Gasteiger partial charge is 0.338 e. The van der Waals surface area contributed by atoms with Gasteiger partial charge < -0.3 is 68.9 Å². The maximum absolute atomic E-state index is 12.5. The first-order valence-corrected chi connectivity index (χ1v) is 12.0. The molecular formula is C23H34O16. The van der Waals surface area contributed by atoms with Gasteiger partial charge in [0.05, 0.1) is 39.3 Å². The Morgan fingerprint density at radius 2 is 1.46 bits per heavy atom. The van der Waals surface area contributed by atoms with Gasteiger partial charge in [0.2, 0.25) is 6.29 Å². The Bertz CT molecular complexity index is 920. The van der Waals surface area contributed by atoms with E-state index < -0.39 is 98.8 Å². The maximum atomic E-state index is 12.5. The van der Waals surface area contributed by atoms with Gasteiger partial charge in [-0.2, -0.15) is 0 Å². The Kier molecular flexibility index (Phi) is 10.8. The van der Waals surface area contributed by atoms with Gasteiger partial charge in [-0.05, 0) is 6.92 Å². The summed E-state index contributed by atoms with van der Waals surface area (Å²) in [5, 5.41) is 70.6. The topological polar surface area (TPSA) is 240 Å². The molecule has 16 nitrogen and oxygen atoms in total. The average Bonchev–Trinajstić information content (AvgIpc) is 2.95. The first-order chi connectivity index (χ1) is 18.5. The zero-order chi connectivity index (χ0) is 29.0. The van der Waals surface area contributed by atoms with Crippen LogP contribution in [0.2, 0.25) is 0 Å². The summed E-state index contributed by atoms with van der Waals surface area (Å²) in [6.07, 6.45) is -15.3. The minimum absolute atomic E-state index is 0.0929. The van der Waals surface area contributed by atoms with Crippen molar-refractivity contribution < 1.29 is 78.5 Å². The zero-order valence-corrected chi connectivity index (χ0v) is 21.3. The lowest BCUT2D eigenvalue weighted by Gasteiger charge is -2.43. The Labute approximate surface area is 222 Å². The fourth-order valence-corrected chi connectivity index (χ4v) is 4.36. The van der Waals surface area contributed by atoms with E-state index in [0.29, 0.717) is 0 Å². The summed E-state index contributed by atoms with van der Waals surface area (Å²) < 4.78 is 36.8. The molecule has 3 rings (SSSR count). The van der Waals surface area contributed by atoms with Crippen molar-refractivity contribution in [1.29, 1.82) is 0 Å². The molecule has 0 aromatic heterocycles. The lowest BCUT2D eigenvalue weighted by molar-refractivity contribution is -0.344. The van der Waals surface area contributed by atoms with E-state index >= 15 is 0 Å². The van der Waals surface area contributed by atoms with Crippen molar-refractivity contribution in [3.8, 4) is 0 Å². The summed E-state index contributed by atoms with van der Waals surface area (Å²) in [6.45, 7) is 0.257. The summed E-state index contributed by atoms with van der Waals surface area (Å²) in [4.78, 5) is 24.7. The molecule has 7 N–H and O–H groups in total. The molecule has 12 atom stereocenters. The number of aliphatic hydroxyl groups excluding tert-OH is 7. The molecule has 3 aliphatic heterocycles. The van der Waals surface area contributed by atoms with Crippen molar-refractivity contribution in [3.63, 3.8) is 0 Å². The number of rotatable bonds is 8. The van der Waals surface area contributed by atoms with Crippen LogP contribution in [0.1, 0.15) is 6.92 Å². The normalized spacial score (nSPS) is 41.9. The van der Waals surface area contributed by atoms with Crippen LogP contribution in [-0.2, 0) is 42.7 Å². The lowest BCUT2D eigenvalue weighted by Crippen LogP contribution is -2.62. The number of aliphatic hydroxyl groups is 7. The molecule has 0 amide bonds. The second kappa shape index (κ2) is 13.4. The first kappa shape index (κ1) is 31.3. The molecule has 3 heterocycles. The monoisotopic (exact) mass is 566 g/mol. The summed E-state index contributed by atoms with van der Waals surface area (Å²) in [7, 11) is 2.22. The average molecular weight is 567 g/mol. The van der Waals surface area contributed by atoms with Gasteiger partial charge in [0.15, 0.2) is 12.6 Å². The van der Waals surface area contributed by atoms with Crippen LogP contribution in [0.4, 0.5) is 0 Å². The van der Waals surface area contributed by atoms with Crippen molar-refractivity contribution in [2.45, 2.75) is 74.6 Å². The van der Waals surface area contributed by atoms with Gasteiger partial charge in [0, 0.05) is 5.57 Å². The first-order valence-electron chi connectivity index (χ1n) is 12.0. The van der Waals surface area contributed by atoms with Gasteiger partial charge in [-0.15, -0.1) is 0 Å². The zero-order valence-electron chi connectivity index (χ0n) is 21.3. The third-order valence-corrected chi connectivity index (χ3v) is 6.63. The van der Waals surface area contributed by atoms with Gasteiger partial charge in [-0.25, -0.2) is 4.79 Å². The number of methoxy groups -OCH3 is 2. The van der Waals surface area contributed by atoms with Crippen LogP contribution in [0.5, 0.6) is 0 Å². The van der Waals surface area contributed by atoms with Crippen LogP contribution in [-0.4, -0.2) is 143 Å². The molecule has 2 fully saturated rings. The molecule has 222 valence electrons. The molecule has 2 saturated heterocycles. The Morgan fingerprint density at radius 1 is 0.872 bits per heavy atom. The number of allylic oxidation sites excluding steroid dienone is 1. The van der Waals surface area contributed by atoms with Crippen LogP contribution in [0, 0.1) is 5.92 Å². The van der Waals surface area contributed by atoms with Crippen LogP contribution >= 0.6 is 0 Å². The molecule has 0 saturated carbocycles. The molecule has 16 heteroatoms. The van der Waals surface area contributed by atoms with Crippen LogP contribution in [0.15, 0.2) is 23.5 Å². The highest BCUT2D eigenvalue weighted by molar-refractivity contribution is 5.97. The number of esters is 2. The molecule has 0 aliphatic carbocycles. The summed E-state index contributed by atoms with van der Waals surface area (Å²) in [5.41, 5.74) is -0.0843. The van der Waals surface area contributed by atoms with E-state index in [1.54, 1.807) is 0 Å². The van der Waals surface area contributed by atoms with Crippen LogP contribution in [0.3, 0.4) is 0 Å².